The normalized spacial score (nSPS) is 10.9. The van der Waals surface area contributed by atoms with Gasteiger partial charge in [0.15, 0.2) is 0 Å². The van der Waals surface area contributed by atoms with E-state index in [0.29, 0.717) is 12.0 Å². The molecule has 0 aliphatic carbocycles. The van der Waals surface area contributed by atoms with Crippen molar-refractivity contribution >= 4 is 11.9 Å². The molecule has 0 spiro atoms. The zero-order valence-corrected chi connectivity index (χ0v) is 16.7. The van der Waals surface area contributed by atoms with E-state index in [1.807, 2.05) is 6.07 Å². The first-order valence-corrected chi connectivity index (χ1v) is 10.3. The van der Waals surface area contributed by atoms with Crippen LogP contribution in [-0.4, -0.2) is 25.2 Å². The minimum Gasteiger partial charge on any atom is -0.461 e. The molecule has 0 atom stereocenters. The van der Waals surface area contributed by atoms with Crippen LogP contribution in [0, 0.1) is 0 Å². The molecular weight excluding hydrogens is 340 g/mol. The molecule has 0 saturated carbocycles. The predicted molar refractivity (Wildman–Crippen MR) is 109 cm³/mol. The van der Waals surface area contributed by atoms with Gasteiger partial charge in [0.05, 0.1) is 5.56 Å². The van der Waals surface area contributed by atoms with Crippen LogP contribution in [0.15, 0.2) is 42.5 Å². The third-order valence-electron chi connectivity index (χ3n) is 4.31. The van der Waals surface area contributed by atoms with Crippen LogP contribution < -0.4 is 0 Å². The molecule has 0 aliphatic rings. The van der Waals surface area contributed by atoms with Crippen molar-refractivity contribution in [3.63, 3.8) is 0 Å². The molecule has 0 N–H and O–H groups in total. The summed E-state index contributed by atoms with van der Waals surface area (Å²) in [4.78, 5) is 23.3. The van der Waals surface area contributed by atoms with E-state index in [-0.39, 0.29) is 25.2 Å². The summed E-state index contributed by atoms with van der Waals surface area (Å²) in [6.45, 7) is 2.62. The average molecular weight is 375 g/mol. The summed E-state index contributed by atoms with van der Waals surface area (Å²) in [7, 11) is 0. The molecule has 1 aromatic rings. The molecule has 4 heteroatoms. The fraction of sp³-hybridized carbons (Fsp3) is 0.565. The summed E-state index contributed by atoms with van der Waals surface area (Å²) >= 11 is 0. The van der Waals surface area contributed by atoms with E-state index in [1.54, 1.807) is 36.4 Å². The summed E-state index contributed by atoms with van der Waals surface area (Å²) in [5, 5.41) is 0. The van der Waals surface area contributed by atoms with Gasteiger partial charge in [-0.25, -0.2) is 4.79 Å². The number of esters is 2. The van der Waals surface area contributed by atoms with Gasteiger partial charge >= 0.3 is 11.9 Å². The van der Waals surface area contributed by atoms with Gasteiger partial charge in [0, 0.05) is 6.42 Å². The Hall–Kier alpha value is -2.10. The van der Waals surface area contributed by atoms with Gasteiger partial charge < -0.3 is 9.47 Å². The predicted octanol–water partition coefficient (Wildman–Crippen LogP) is 5.86. The van der Waals surface area contributed by atoms with Gasteiger partial charge in [-0.15, -0.1) is 0 Å². The second-order valence-electron chi connectivity index (χ2n) is 6.70. The molecule has 0 bridgehead atoms. The Morgan fingerprint density at radius 3 is 1.96 bits per heavy atom. The maximum atomic E-state index is 11.7. The van der Waals surface area contributed by atoms with Gasteiger partial charge in [-0.2, -0.15) is 0 Å². The molecule has 0 saturated heterocycles. The highest BCUT2D eigenvalue weighted by Gasteiger charge is 2.04. The van der Waals surface area contributed by atoms with Gasteiger partial charge in [0.25, 0.3) is 0 Å². The summed E-state index contributed by atoms with van der Waals surface area (Å²) in [6, 6.07) is 8.85. The molecule has 1 aromatic carbocycles. The van der Waals surface area contributed by atoms with Crippen LogP contribution in [0.5, 0.6) is 0 Å². The van der Waals surface area contributed by atoms with Crippen LogP contribution in [0.4, 0.5) is 0 Å². The van der Waals surface area contributed by atoms with Crippen LogP contribution in [0.2, 0.25) is 0 Å². The Balaban J connectivity index is 1.93. The van der Waals surface area contributed by atoms with Gasteiger partial charge in [-0.05, 0) is 30.7 Å². The number of carbonyl (C=O) groups excluding carboxylic acids is 2. The summed E-state index contributed by atoms with van der Waals surface area (Å²) in [6.07, 6.45) is 14.9. The fourth-order valence-corrected chi connectivity index (χ4v) is 2.71. The van der Waals surface area contributed by atoms with E-state index in [1.165, 1.54) is 44.9 Å². The molecule has 0 fully saturated rings. The van der Waals surface area contributed by atoms with Crippen molar-refractivity contribution in [2.24, 2.45) is 0 Å². The highest BCUT2D eigenvalue weighted by atomic mass is 16.5. The number of ether oxygens (including phenoxy) is 2. The van der Waals surface area contributed by atoms with Crippen molar-refractivity contribution in [2.45, 2.75) is 71.1 Å². The minimum atomic E-state index is -0.359. The Kier molecular flexibility index (Phi) is 13.7. The molecule has 4 nitrogen and oxygen atoms in total. The lowest BCUT2D eigenvalue weighted by Crippen LogP contribution is -2.06. The van der Waals surface area contributed by atoms with Gasteiger partial charge in [-0.1, -0.05) is 76.5 Å². The van der Waals surface area contributed by atoms with Crippen molar-refractivity contribution in [1.29, 1.82) is 0 Å². The van der Waals surface area contributed by atoms with Gasteiger partial charge in [0.1, 0.15) is 13.2 Å². The van der Waals surface area contributed by atoms with Gasteiger partial charge in [0.2, 0.25) is 0 Å². The number of benzene rings is 1. The number of hydrogen-bond acceptors (Lipinski definition) is 4. The molecule has 0 radical (unpaired) electrons. The number of carbonyl (C=O) groups is 2. The van der Waals surface area contributed by atoms with E-state index in [9.17, 15) is 9.59 Å². The van der Waals surface area contributed by atoms with Crippen molar-refractivity contribution in [3.8, 4) is 0 Å². The Morgan fingerprint density at radius 1 is 0.778 bits per heavy atom. The maximum Gasteiger partial charge on any atom is 0.338 e. The van der Waals surface area contributed by atoms with E-state index in [4.69, 9.17) is 9.47 Å². The first-order chi connectivity index (χ1) is 13.2. The molecule has 0 amide bonds. The molecule has 0 heterocycles. The van der Waals surface area contributed by atoms with Crippen molar-refractivity contribution < 1.29 is 19.1 Å². The lowest BCUT2D eigenvalue weighted by atomic mass is 10.1. The molecule has 0 aliphatic heterocycles. The number of unbranched alkanes of at least 4 members (excludes halogenated alkanes) is 8. The second kappa shape index (κ2) is 16.1. The monoisotopic (exact) mass is 374 g/mol. The first-order valence-electron chi connectivity index (χ1n) is 10.3. The highest BCUT2D eigenvalue weighted by molar-refractivity contribution is 5.89. The van der Waals surface area contributed by atoms with Crippen molar-refractivity contribution in [3.05, 3.63) is 48.0 Å². The van der Waals surface area contributed by atoms with Crippen LogP contribution in [0.1, 0.15) is 81.5 Å². The van der Waals surface area contributed by atoms with E-state index in [0.717, 1.165) is 12.8 Å². The molecule has 0 aromatic heterocycles. The third-order valence-corrected chi connectivity index (χ3v) is 4.31. The Labute approximate surface area is 163 Å². The summed E-state index contributed by atoms with van der Waals surface area (Å²) in [5.41, 5.74) is 0.526. The average Bonchev–Trinajstić information content (AvgIpc) is 2.69. The van der Waals surface area contributed by atoms with Crippen LogP contribution in [-0.2, 0) is 14.3 Å². The fourth-order valence-electron chi connectivity index (χ4n) is 2.71. The zero-order chi connectivity index (χ0) is 19.6. The molecular formula is C23H34O4. The third kappa shape index (κ3) is 12.8. The smallest absolute Gasteiger partial charge is 0.338 e. The molecule has 0 unspecified atom stereocenters. The molecule has 150 valence electrons. The largest absolute Gasteiger partial charge is 0.461 e. The van der Waals surface area contributed by atoms with Crippen LogP contribution >= 0.6 is 0 Å². The van der Waals surface area contributed by atoms with Crippen molar-refractivity contribution in [1.82, 2.24) is 0 Å². The van der Waals surface area contributed by atoms with E-state index in [2.05, 4.69) is 6.92 Å². The van der Waals surface area contributed by atoms with Crippen LogP contribution in [0.25, 0.3) is 0 Å². The van der Waals surface area contributed by atoms with Gasteiger partial charge in [-0.3, -0.25) is 4.79 Å². The SMILES string of the molecule is CCCCCCCCCCCC(=O)OC/C=C\COC(=O)c1ccccc1. The van der Waals surface area contributed by atoms with Crippen LogP contribution in [0.3, 0.4) is 0 Å². The number of hydrogen-bond donors (Lipinski definition) is 0. The molecule has 1 rings (SSSR count). The van der Waals surface area contributed by atoms with E-state index >= 15 is 0 Å². The first kappa shape index (κ1) is 22.9. The maximum absolute atomic E-state index is 11.7. The summed E-state index contributed by atoms with van der Waals surface area (Å²) < 4.78 is 10.2. The standard InChI is InChI=1S/C23H34O4/c1-2-3-4-5-6-7-8-9-13-18-22(24)26-19-14-15-20-27-23(25)21-16-11-10-12-17-21/h10-12,14-17H,2-9,13,18-20H2,1H3/b15-14-. The highest BCUT2D eigenvalue weighted by Crippen LogP contribution is 2.10. The second-order valence-corrected chi connectivity index (χ2v) is 6.70. The Bertz CT molecular complexity index is 537. The van der Waals surface area contributed by atoms with Crippen molar-refractivity contribution in [2.75, 3.05) is 13.2 Å². The summed E-state index contributed by atoms with van der Waals surface area (Å²) in [5.74, 6) is -0.522. The minimum absolute atomic E-state index is 0.163. The topological polar surface area (TPSA) is 52.6 Å². The lowest BCUT2D eigenvalue weighted by Gasteiger charge is -2.03. The molecule has 27 heavy (non-hydrogen) atoms. The van der Waals surface area contributed by atoms with E-state index < -0.39 is 0 Å². The Morgan fingerprint density at radius 2 is 1.33 bits per heavy atom. The lowest BCUT2D eigenvalue weighted by molar-refractivity contribution is -0.142. The quantitative estimate of drug-likeness (QED) is 0.219. The zero-order valence-electron chi connectivity index (χ0n) is 16.7. The number of rotatable bonds is 15.